The summed E-state index contributed by atoms with van der Waals surface area (Å²) >= 11 is 0. The van der Waals surface area contributed by atoms with Gasteiger partial charge in [-0.05, 0) is 12.8 Å². The number of aromatic nitrogens is 1. The van der Waals surface area contributed by atoms with Crippen LogP contribution in [0.4, 0.5) is 25.0 Å². The summed E-state index contributed by atoms with van der Waals surface area (Å²) in [5.41, 5.74) is 0.930. The maximum Gasteiger partial charge on any atom is 0.414 e. The van der Waals surface area contributed by atoms with E-state index in [1.807, 2.05) is 0 Å². The molecule has 3 aliphatic rings. The first kappa shape index (κ1) is 17.4. The van der Waals surface area contributed by atoms with E-state index in [9.17, 15) is 13.6 Å². The maximum absolute atomic E-state index is 14.7. The lowest BCUT2D eigenvalue weighted by molar-refractivity contribution is -0.127. The molecule has 3 aliphatic heterocycles. The van der Waals surface area contributed by atoms with Crippen molar-refractivity contribution < 1.29 is 27.6 Å². The van der Waals surface area contributed by atoms with Crippen molar-refractivity contribution in [1.29, 1.82) is 0 Å². The monoisotopic (exact) mass is 391 g/mol. The van der Waals surface area contributed by atoms with Gasteiger partial charge < -0.3 is 18.9 Å². The lowest BCUT2D eigenvalue weighted by Gasteiger charge is -2.56. The molecule has 1 spiro atoms. The van der Waals surface area contributed by atoms with Gasteiger partial charge in [-0.2, -0.15) is 0 Å². The molecular formula is C19H19F2N3O4. The van der Waals surface area contributed by atoms with Gasteiger partial charge in [0.15, 0.2) is 11.6 Å². The molecule has 2 aromatic rings. The Labute approximate surface area is 159 Å². The van der Waals surface area contributed by atoms with Gasteiger partial charge in [0.2, 0.25) is 0 Å². The number of rotatable bonds is 5. The molecule has 0 unspecified atom stereocenters. The van der Waals surface area contributed by atoms with Crippen molar-refractivity contribution >= 4 is 17.5 Å². The summed E-state index contributed by atoms with van der Waals surface area (Å²) in [6.45, 7) is 2.67. The Hall–Kier alpha value is -2.68. The summed E-state index contributed by atoms with van der Waals surface area (Å²) in [6, 6.07) is 4.14. The van der Waals surface area contributed by atoms with E-state index >= 15 is 0 Å². The van der Waals surface area contributed by atoms with Crippen LogP contribution in [0.2, 0.25) is 0 Å². The second kappa shape index (κ2) is 6.44. The molecule has 0 bridgehead atoms. The van der Waals surface area contributed by atoms with E-state index in [4.69, 9.17) is 14.0 Å². The molecule has 9 heteroatoms. The van der Waals surface area contributed by atoms with E-state index in [-0.39, 0.29) is 29.4 Å². The van der Waals surface area contributed by atoms with Crippen molar-refractivity contribution in [2.45, 2.75) is 18.9 Å². The number of hydrogen-bond donors (Lipinski definition) is 0. The normalized spacial score (nSPS) is 22.9. The largest absolute Gasteiger partial charge is 0.444 e. The number of amides is 1. The fourth-order valence-corrected chi connectivity index (χ4v) is 4.06. The molecule has 3 saturated heterocycles. The van der Waals surface area contributed by atoms with Gasteiger partial charge in [-0.1, -0.05) is 5.16 Å². The van der Waals surface area contributed by atoms with Crippen LogP contribution < -0.4 is 9.80 Å². The number of aryl methyl sites for hydroxylation is 1. The molecule has 148 valence electrons. The van der Waals surface area contributed by atoms with Gasteiger partial charge in [0.1, 0.15) is 18.1 Å². The van der Waals surface area contributed by atoms with E-state index in [2.05, 4.69) is 5.16 Å². The minimum absolute atomic E-state index is 0.0450. The predicted molar refractivity (Wildman–Crippen MR) is 94.3 cm³/mol. The van der Waals surface area contributed by atoms with E-state index in [1.165, 1.54) is 23.3 Å². The molecule has 7 nitrogen and oxygen atoms in total. The lowest BCUT2D eigenvalue weighted by atomic mass is 9.77. The molecule has 4 heterocycles. The number of benzene rings is 1. The highest BCUT2D eigenvalue weighted by Crippen LogP contribution is 2.42. The molecule has 1 aromatic heterocycles. The van der Waals surface area contributed by atoms with Crippen molar-refractivity contribution in [2.24, 2.45) is 5.41 Å². The van der Waals surface area contributed by atoms with E-state index < -0.39 is 17.7 Å². The number of halogens is 2. The summed E-state index contributed by atoms with van der Waals surface area (Å²) in [4.78, 5) is 15.1. The Balaban J connectivity index is 1.27. The van der Waals surface area contributed by atoms with Crippen LogP contribution in [-0.4, -0.2) is 50.2 Å². The smallest absolute Gasteiger partial charge is 0.414 e. The second-order valence-electron chi connectivity index (χ2n) is 7.75. The van der Waals surface area contributed by atoms with E-state index in [0.717, 1.165) is 5.69 Å². The number of carbonyl (C=O) groups excluding carboxylic acids is 1. The minimum Gasteiger partial charge on any atom is -0.444 e. The zero-order valence-corrected chi connectivity index (χ0v) is 15.1. The fourth-order valence-electron chi connectivity index (χ4n) is 4.06. The molecular weight excluding hydrogens is 372 g/mol. The summed E-state index contributed by atoms with van der Waals surface area (Å²) in [5, 5.41) is 3.82. The van der Waals surface area contributed by atoms with Crippen molar-refractivity contribution in [3.63, 3.8) is 0 Å². The standard InChI is InChI=1S/C19H19F2N3O4/c20-15-5-13(6-16(21)17(15)23-8-19(9-23)10-26-11-19)24-7-14(28-18(24)25)2-1-12-3-4-27-22-12/h3-6,14H,1-2,7-11H2/t14-/m0/s1. The third-order valence-electron chi connectivity index (χ3n) is 5.59. The van der Waals surface area contributed by atoms with Crippen LogP contribution in [-0.2, 0) is 15.9 Å². The van der Waals surface area contributed by atoms with Crippen LogP contribution in [0, 0.1) is 17.0 Å². The van der Waals surface area contributed by atoms with Crippen molar-refractivity contribution in [1.82, 2.24) is 5.16 Å². The highest BCUT2D eigenvalue weighted by atomic mass is 19.1. The van der Waals surface area contributed by atoms with Gasteiger partial charge in [0, 0.05) is 31.3 Å². The van der Waals surface area contributed by atoms with Crippen LogP contribution in [0.15, 0.2) is 29.0 Å². The number of ether oxygens (including phenoxy) is 2. The Bertz CT molecular complexity index is 870. The predicted octanol–water partition coefficient (Wildman–Crippen LogP) is 2.75. The number of hydrogen-bond acceptors (Lipinski definition) is 6. The van der Waals surface area contributed by atoms with Crippen LogP contribution >= 0.6 is 0 Å². The maximum atomic E-state index is 14.7. The van der Waals surface area contributed by atoms with Gasteiger partial charge in [-0.15, -0.1) is 0 Å². The molecule has 5 rings (SSSR count). The average Bonchev–Trinajstić information content (AvgIpc) is 3.21. The topological polar surface area (TPSA) is 68.0 Å². The first-order valence-corrected chi connectivity index (χ1v) is 9.22. The van der Waals surface area contributed by atoms with E-state index in [1.54, 1.807) is 11.0 Å². The Morgan fingerprint density at radius 1 is 1.21 bits per heavy atom. The quantitative estimate of drug-likeness (QED) is 0.781. The summed E-state index contributed by atoms with van der Waals surface area (Å²) in [6.07, 6.45) is 1.64. The molecule has 28 heavy (non-hydrogen) atoms. The first-order valence-electron chi connectivity index (χ1n) is 9.22. The van der Waals surface area contributed by atoms with Crippen LogP contribution in [0.3, 0.4) is 0 Å². The average molecular weight is 391 g/mol. The minimum atomic E-state index is -0.677. The van der Waals surface area contributed by atoms with Crippen molar-refractivity contribution in [2.75, 3.05) is 42.6 Å². The lowest BCUT2D eigenvalue weighted by Crippen LogP contribution is -2.66. The number of cyclic esters (lactones) is 1. The van der Waals surface area contributed by atoms with Gasteiger partial charge >= 0.3 is 6.09 Å². The van der Waals surface area contributed by atoms with Crippen molar-refractivity contribution in [3.05, 3.63) is 41.8 Å². The number of nitrogens with zero attached hydrogens (tertiary/aromatic N) is 3. The SMILES string of the molecule is O=C1O[C@@H](CCc2ccon2)CN1c1cc(F)c(N2CC3(COC3)C2)c(F)c1. The fraction of sp³-hybridized carbons (Fsp3) is 0.474. The van der Waals surface area contributed by atoms with E-state index in [0.29, 0.717) is 39.1 Å². The van der Waals surface area contributed by atoms with Gasteiger partial charge in [0.05, 0.1) is 36.6 Å². The third-order valence-corrected chi connectivity index (χ3v) is 5.59. The first-order chi connectivity index (χ1) is 13.5. The molecule has 0 radical (unpaired) electrons. The molecule has 1 aromatic carbocycles. The zero-order valence-electron chi connectivity index (χ0n) is 15.1. The highest BCUT2D eigenvalue weighted by Gasteiger charge is 2.50. The Morgan fingerprint density at radius 2 is 1.96 bits per heavy atom. The van der Waals surface area contributed by atoms with Crippen LogP contribution in [0.25, 0.3) is 0 Å². The van der Waals surface area contributed by atoms with Gasteiger partial charge in [-0.3, -0.25) is 4.90 Å². The highest BCUT2D eigenvalue weighted by molar-refractivity contribution is 5.90. The summed E-state index contributed by atoms with van der Waals surface area (Å²) in [7, 11) is 0. The molecule has 0 saturated carbocycles. The molecule has 0 aliphatic carbocycles. The van der Waals surface area contributed by atoms with Crippen molar-refractivity contribution in [3.8, 4) is 0 Å². The molecule has 1 amide bonds. The molecule has 3 fully saturated rings. The van der Waals surface area contributed by atoms with Crippen LogP contribution in [0.1, 0.15) is 12.1 Å². The third kappa shape index (κ3) is 2.90. The number of carbonyl (C=O) groups is 1. The Kier molecular flexibility index (Phi) is 4.01. The molecule has 1 atom stereocenters. The van der Waals surface area contributed by atoms with Gasteiger partial charge in [-0.25, -0.2) is 13.6 Å². The summed E-state index contributed by atoms with van der Waals surface area (Å²) in [5.74, 6) is -1.35. The number of anilines is 2. The zero-order chi connectivity index (χ0) is 19.3. The van der Waals surface area contributed by atoms with Crippen LogP contribution in [0.5, 0.6) is 0 Å². The van der Waals surface area contributed by atoms with Gasteiger partial charge in [0.25, 0.3) is 0 Å². The Morgan fingerprint density at radius 3 is 2.57 bits per heavy atom. The second-order valence-corrected chi connectivity index (χ2v) is 7.75. The molecule has 0 N–H and O–H groups in total. The summed E-state index contributed by atoms with van der Waals surface area (Å²) < 4.78 is 44.6.